The highest BCUT2D eigenvalue weighted by atomic mass is 32.1. The highest BCUT2D eigenvalue weighted by Gasteiger charge is 2.23. The number of aromatic carboxylic acids is 1. The number of benzene rings is 1. The van der Waals surface area contributed by atoms with E-state index in [9.17, 15) is 19.7 Å². The van der Waals surface area contributed by atoms with Crippen molar-refractivity contribution in [2.45, 2.75) is 6.54 Å². The number of anilines is 1. The summed E-state index contributed by atoms with van der Waals surface area (Å²) in [5, 5.41) is 24.3. The van der Waals surface area contributed by atoms with Crippen LogP contribution >= 0.6 is 11.3 Å². The van der Waals surface area contributed by atoms with Gasteiger partial charge in [-0.2, -0.15) is 0 Å². The van der Waals surface area contributed by atoms with Gasteiger partial charge in [0.05, 0.1) is 11.5 Å². The maximum Gasteiger partial charge on any atom is 0.342 e. The molecule has 3 N–H and O–H groups in total. The van der Waals surface area contributed by atoms with Crippen molar-refractivity contribution in [3.05, 3.63) is 54.6 Å². The lowest BCUT2D eigenvalue weighted by Crippen LogP contribution is -2.08. The third kappa shape index (κ3) is 2.83. The Kier molecular flexibility index (Phi) is 3.80. The maximum absolute atomic E-state index is 11.0. The molecule has 8 nitrogen and oxygen atoms in total. The Balaban J connectivity index is 2.31. The molecule has 104 valence electrons. The van der Waals surface area contributed by atoms with Gasteiger partial charge in [0.15, 0.2) is 0 Å². The summed E-state index contributed by atoms with van der Waals surface area (Å²) in [5.74, 6) is -1.37. The first-order valence-corrected chi connectivity index (χ1v) is 6.28. The topological polar surface area (TPSA) is 125 Å². The van der Waals surface area contributed by atoms with E-state index < -0.39 is 16.6 Å². The zero-order valence-electron chi connectivity index (χ0n) is 9.95. The van der Waals surface area contributed by atoms with Gasteiger partial charge in [-0.15, -0.1) is 0 Å². The molecule has 1 aromatic carbocycles. The second-order valence-corrected chi connectivity index (χ2v) is 4.63. The van der Waals surface area contributed by atoms with Crippen LogP contribution in [0.15, 0.2) is 28.4 Å². The van der Waals surface area contributed by atoms with E-state index in [2.05, 4.69) is 10.3 Å². The number of aromatic amines is 1. The molecule has 0 aliphatic carbocycles. The Morgan fingerprint density at radius 2 is 2.25 bits per heavy atom. The zero-order valence-corrected chi connectivity index (χ0v) is 10.8. The van der Waals surface area contributed by atoms with Crippen molar-refractivity contribution < 1.29 is 14.8 Å². The summed E-state index contributed by atoms with van der Waals surface area (Å²) in [4.78, 5) is 34.5. The number of nitro benzene ring substituents is 1. The van der Waals surface area contributed by atoms with Crippen molar-refractivity contribution in [1.82, 2.24) is 4.98 Å². The van der Waals surface area contributed by atoms with Crippen LogP contribution in [0.3, 0.4) is 0 Å². The van der Waals surface area contributed by atoms with Crippen molar-refractivity contribution in [3.63, 3.8) is 0 Å². The highest BCUT2D eigenvalue weighted by molar-refractivity contribution is 7.07. The summed E-state index contributed by atoms with van der Waals surface area (Å²) in [7, 11) is 0. The van der Waals surface area contributed by atoms with Gasteiger partial charge in [0.1, 0.15) is 11.3 Å². The predicted octanol–water partition coefficient (Wildman–Crippen LogP) is 1.65. The molecule has 2 rings (SSSR count). The predicted molar refractivity (Wildman–Crippen MR) is 72.3 cm³/mol. The third-order valence-electron chi connectivity index (χ3n) is 2.49. The van der Waals surface area contributed by atoms with Gasteiger partial charge in [-0.25, -0.2) is 4.79 Å². The summed E-state index contributed by atoms with van der Waals surface area (Å²) in [6.07, 6.45) is 0. The van der Waals surface area contributed by atoms with Crippen molar-refractivity contribution in [2.24, 2.45) is 0 Å². The lowest BCUT2D eigenvalue weighted by molar-refractivity contribution is -0.384. The average molecular weight is 295 g/mol. The number of nitro groups is 1. The van der Waals surface area contributed by atoms with Crippen LogP contribution in [0.5, 0.6) is 0 Å². The number of carboxylic acids is 1. The number of carbonyl (C=O) groups is 1. The molecule has 2 aromatic rings. The monoisotopic (exact) mass is 295 g/mol. The van der Waals surface area contributed by atoms with E-state index in [4.69, 9.17) is 5.11 Å². The quantitative estimate of drug-likeness (QED) is 0.569. The maximum atomic E-state index is 11.0. The molecule has 0 atom stereocenters. The lowest BCUT2D eigenvalue weighted by Gasteiger charge is -2.07. The number of nitrogens with zero attached hydrogens (tertiary/aromatic N) is 1. The first kappa shape index (κ1) is 13.7. The van der Waals surface area contributed by atoms with Crippen molar-refractivity contribution in [2.75, 3.05) is 5.32 Å². The molecular weight excluding hydrogens is 286 g/mol. The molecule has 1 aromatic heterocycles. The van der Waals surface area contributed by atoms with Crippen LogP contribution in [0.2, 0.25) is 0 Å². The number of thiazole rings is 1. The number of rotatable bonds is 5. The minimum Gasteiger partial charge on any atom is -0.477 e. The van der Waals surface area contributed by atoms with Crippen molar-refractivity contribution >= 4 is 28.7 Å². The Hall–Kier alpha value is -2.68. The van der Waals surface area contributed by atoms with Gasteiger partial charge in [-0.3, -0.25) is 14.9 Å². The van der Waals surface area contributed by atoms with Gasteiger partial charge in [0.2, 0.25) is 0 Å². The molecule has 0 radical (unpaired) electrons. The molecule has 0 fully saturated rings. The van der Waals surface area contributed by atoms with Gasteiger partial charge >= 0.3 is 16.5 Å². The summed E-state index contributed by atoms with van der Waals surface area (Å²) >= 11 is 0.979. The molecule has 0 aliphatic rings. The molecule has 0 saturated carbocycles. The smallest absolute Gasteiger partial charge is 0.342 e. The van der Waals surface area contributed by atoms with E-state index in [1.165, 1.54) is 12.1 Å². The second-order valence-electron chi connectivity index (χ2n) is 3.79. The number of aromatic nitrogens is 1. The zero-order chi connectivity index (χ0) is 14.7. The molecule has 0 unspecified atom stereocenters. The van der Waals surface area contributed by atoms with E-state index in [0.717, 1.165) is 17.4 Å². The number of hydrogen-bond donors (Lipinski definition) is 3. The number of hydrogen-bond acceptors (Lipinski definition) is 6. The van der Waals surface area contributed by atoms with E-state index in [-0.39, 0.29) is 22.7 Å². The molecule has 0 spiro atoms. The molecule has 1 heterocycles. The average Bonchev–Trinajstić information content (AvgIpc) is 2.81. The number of carboxylic acid groups (broad SMARTS) is 1. The first-order valence-electron chi connectivity index (χ1n) is 5.40. The Bertz CT molecular complexity index is 721. The van der Waals surface area contributed by atoms with Gasteiger partial charge in [-0.1, -0.05) is 17.4 Å². The first-order chi connectivity index (χ1) is 9.49. The number of para-hydroxylation sites is 1. The van der Waals surface area contributed by atoms with Crippen LogP contribution in [-0.2, 0) is 6.54 Å². The van der Waals surface area contributed by atoms with E-state index in [0.29, 0.717) is 5.69 Å². The highest BCUT2D eigenvalue weighted by Crippen LogP contribution is 2.28. The molecule has 0 saturated heterocycles. The van der Waals surface area contributed by atoms with Crippen molar-refractivity contribution in [1.29, 1.82) is 0 Å². The summed E-state index contributed by atoms with van der Waals surface area (Å²) in [5.41, 5.74) is -0.242. The lowest BCUT2D eigenvalue weighted by atomic mass is 10.1. The fraction of sp³-hybridized carbons (Fsp3) is 0.0909. The molecule has 20 heavy (non-hydrogen) atoms. The molecule has 0 bridgehead atoms. The summed E-state index contributed by atoms with van der Waals surface area (Å²) < 4.78 is 0. The van der Waals surface area contributed by atoms with Gasteiger partial charge in [-0.05, 0) is 12.1 Å². The Labute approximate surface area is 115 Å². The fourth-order valence-corrected chi connectivity index (χ4v) is 2.23. The van der Waals surface area contributed by atoms with E-state index in [1.807, 2.05) is 0 Å². The minimum absolute atomic E-state index is 0.0851. The summed E-state index contributed by atoms with van der Waals surface area (Å²) in [6, 6.07) is 3.99. The van der Waals surface area contributed by atoms with Crippen LogP contribution in [-0.4, -0.2) is 21.0 Å². The standard InChI is InChI=1S/C11H9N3O5S/c15-10(16)7-2-1-3-8(9(7)14(18)19)12-4-6-5-20-11(17)13-6/h1-3,5,12H,4H2,(H,13,17)(H,15,16). The Morgan fingerprint density at radius 3 is 2.80 bits per heavy atom. The van der Waals surface area contributed by atoms with Crippen LogP contribution < -0.4 is 10.2 Å². The van der Waals surface area contributed by atoms with Gasteiger partial charge < -0.3 is 15.4 Å². The SMILES string of the molecule is O=C(O)c1cccc(NCc2csc(=O)[nH]2)c1[N+](=O)[O-]. The minimum atomic E-state index is -1.37. The number of H-pyrrole nitrogens is 1. The second kappa shape index (κ2) is 5.53. The normalized spacial score (nSPS) is 10.2. The van der Waals surface area contributed by atoms with Crippen molar-refractivity contribution in [3.8, 4) is 0 Å². The largest absolute Gasteiger partial charge is 0.477 e. The molecule has 0 aliphatic heterocycles. The van der Waals surface area contributed by atoms with Crippen LogP contribution in [0.25, 0.3) is 0 Å². The third-order valence-corrected chi connectivity index (χ3v) is 3.21. The molecular formula is C11H9N3O5S. The summed E-state index contributed by atoms with van der Waals surface area (Å²) in [6.45, 7) is 0.155. The van der Waals surface area contributed by atoms with Crippen LogP contribution in [0.1, 0.15) is 16.1 Å². The molecule has 9 heteroatoms. The Morgan fingerprint density at radius 1 is 1.50 bits per heavy atom. The van der Waals surface area contributed by atoms with E-state index in [1.54, 1.807) is 5.38 Å². The van der Waals surface area contributed by atoms with Crippen LogP contribution in [0.4, 0.5) is 11.4 Å². The van der Waals surface area contributed by atoms with Crippen LogP contribution in [0, 0.1) is 10.1 Å². The van der Waals surface area contributed by atoms with Gasteiger partial charge in [0, 0.05) is 11.1 Å². The number of nitrogens with one attached hydrogen (secondary N) is 2. The fourth-order valence-electron chi connectivity index (χ4n) is 1.65. The van der Waals surface area contributed by atoms with Gasteiger partial charge in [0.25, 0.3) is 0 Å². The van der Waals surface area contributed by atoms with E-state index >= 15 is 0 Å². The molecule has 0 amide bonds.